The van der Waals surface area contributed by atoms with Gasteiger partial charge in [-0.25, -0.2) is 9.37 Å². The van der Waals surface area contributed by atoms with Gasteiger partial charge in [0.15, 0.2) is 0 Å². The van der Waals surface area contributed by atoms with Crippen LogP contribution in [-0.2, 0) is 0 Å². The zero-order chi connectivity index (χ0) is 15.2. The monoisotopic (exact) mass is 288 g/mol. The Morgan fingerprint density at radius 1 is 1.29 bits per heavy atom. The number of aromatic nitrogens is 1. The van der Waals surface area contributed by atoms with Crippen LogP contribution in [0.5, 0.6) is 5.88 Å². The Morgan fingerprint density at radius 2 is 2.10 bits per heavy atom. The highest BCUT2D eigenvalue weighted by Crippen LogP contribution is 2.30. The highest BCUT2D eigenvalue weighted by Gasteiger charge is 2.20. The van der Waals surface area contributed by atoms with Crippen LogP contribution in [0.3, 0.4) is 0 Å². The van der Waals surface area contributed by atoms with E-state index >= 15 is 0 Å². The Balaban J connectivity index is 2.49. The van der Waals surface area contributed by atoms with E-state index in [1.54, 1.807) is 25.4 Å². The molecule has 0 spiro atoms. The number of pyridine rings is 1. The predicted octanol–water partition coefficient (Wildman–Crippen LogP) is 3.63. The maximum atomic E-state index is 13.7. The summed E-state index contributed by atoms with van der Waals surface area (Å²) in [6.07, 6.45) is 2.69. The van der Waals surface area contributed by atoms with E-state index in [0.29, 0.717) is 5.88 Å². The molecule has 0 aliphatic carbocycles. The Bertz CT molecular complexity index is 601. The van der Waals surface area contributed by atoms with Crippen LogP contribution in [0.15, 0.2) is 36.5 Å². The first-order valence-corrected chi connectivity index (χ1v) is 7.15. The van der Waals surface area contributed by atoms with E-state index in [1.807, 2.05) is 19.1 Å². The smallest absolute Gasteiger partial charge is 0.218 e. The van der Waals surface area contributed by atoms with Crippen LogP contribution in [0.2, 0.25) is 0 Å². The minimum atomic E-state index is -0.234. The van der Waals surface area contributed by atoms with Crippen molar-refractivity contribution in [2.45, 2.75) is 26.3 Å². The second-order valence-corrected chi connectivity index (χ2v) is 4.99. The van der Waals surface area contributed by atoms with Crippen molar-refractivity contribution in [3.63, 3.8) is 0 Å². The molecular weight excluding hydrogens is 267 g/mol. The summed E-state index contributed by atoms with van der Waals surface area (Å²) in [6.45, 7) is 4.92. The minimum absolute atomic E-state index is 0.135. The molecule has 0 saturated heterocycles. The van der Waals surface area contributed by atoms with E-state index in [1.165, 1.54) is 6.07 Å². The Hall–Kier alpha value is -1.94. The van der Waals surface area contributed by atoms with Gasteiger partial charge in [-0.15, -0.1) is 0 Å². The Morgan fingerprint density at radius 3 is 2.81 bits per heavy atom. The summed E-state index contributed by atoms with van der Waals surface area (Å²) in [4.78, 5) is 4.25. The molecule has 0 fully saturated rings. The van der Waals surface area contributed by atoms with E-state index in [-0.39, 0.29) is 11.9 Å². The fourth-order valence-corrected chi connectivity index (χ4v) is 2.39. The van der Waals surface area contributed by atoms with Crippen molar-refractivity contribution in [3.8, 4) is 5.88 Å². The summed E-state index contributed by atoms with van der Waals surface area (Å²) in [5.41, 5.74) is 2.87. The summed E-state index contributed by atoms with van der Waals surface area (Å²) in [5, 5.41) is 3.46. The Labute approximate surface area is 125 Å². The molecular formula is C17H21FN2O. The van der Waals surface area contributed by atoms with Crippen molar-refractivity contribution < 1.29 is 9.13 Å². The molecule has 0 radical (unpaired) electrons. The van der Waals surface area contributed by atoms with Crippen LogP contribution in [-0.4, -0.2) is 18.6 Å². The molecule has 1 aromatic carbocycles. The van der Waals surface area contributed by atoms with Gasteiger partial charge in [0, 0.05) is 11.8 Å². The third kappa shape index (κ3) is 3.58. The average molecular weight is 288 g/mol. The lowest BCUT2D eigenvalue weighted by molar-refractivity contribution is 0.386. The van der Waals surface area contributed by atoms with Crippen LogP contribution in [0.4, 0.5) is 4.39 Å². The van der Waals surface area contributed by atoms with Gasteiger partial charge < -0.3 is 10.1 Å². The number of rotatable bonds is 6. The number of hydrogen-bond donors (Lipinski definition) is 1. The second-order valence-electron chi connectivity index (χ2n) is 4.99. The van der Waals surface area contributed by atoms with Crippen LogP contribution < -0.4 is 10.1 Å². The molecule has 3 nitrogen and oxygen atoms in total. The summed E-state index contributed by atoms with van der Waals surface area (Å²) >= 11 is 0. The van der Waals surface area contributed by atoms with Gasteiger partial charge in [0.1, 0.15) is 5.82 Å². The number of methoxy groups -OCH3 is 1. The molecule has 112 valence electrons. The number of halogens is 1. The molecule has 0 saturated carbocycles. The molecule has 1 aromatic heterocycles. The van der Waals surface area contributed by atoms with Crippen LogP contribution >= 0.6 is 0 Å². The number of benzene rings is 1. The molecule has 0 aliphatic rings. The maximum Gasteiger partial charge on any atom is 0.218 e. The molecule has 2 aromatic rings. The van der Waals surface area contributed by atoms with E-state index < -0.39 is 0 Å². The summed E-state index contributed by atoms with van der Waals surface area (Å²) < 4.78 is 19.0. The van der Waals surface area contributed by atoms with Crippen molar-refractivity contribution in [1.29, 1.82) is 0 Å². The van der Waals surface area contributed by atoms with Crippen LogP contribution in [0, 0.1) is 12.7 Å². The highest BCUT2D eigenvalue weighted by molar-refractivity contribution is 5.41. The lowest BCUT2D eigenvalue weighted by atomic mass is 9.95. The van der Waals surface area contributed by atoms with Gasteiger partial charge in [-0.2, -0.15) is 0 Å². The molecule has 21 heavy (non-hydrogen) atoms. The SMILES string of the molecule is CCCNC(c1cc(F)ccc1C)c1cccnc1OC. The molecule has 4 heteroatoms. The van der Waals surface area contributed by atoms with Gasteiger partial charge in [-0.05, 0) is 49.2 Å². The first-order chi connectivity index (χ1) is 10.2. The first kappa shape index (κ1) is 15.4. The Kier molecular flexibility index (Phi) is 5.28. The van der Waals surface area contributed by atoms with Gasteiger partial charge in [-0.1, -0.05) is 19.1 Å². The largest absolute Gasteiger partial charge is 0.481 e. The van der Waals surface area contributed by atoms with E-state index in [4.69, 9.17) is 4.74 Å². The van der Waals surface area contributed by atoms with Crippen molar-refractivity contribution in [3.05, 3.63) is 59.0 Å². The van der Waals surface area contributed by atoms with Crippen molar-refractivity contribution >= 4 is 0 Å². The van der Waals surface area contributed by atoms with Crippen molar-refractivity contribution in [1.82, 2.24) is 10.3 Å². The molecule has 0 amide bonds. The lowest BCUT2D eigenvalue weighted by Crippen LogP contribution is -2.24. The number of ether oxygens (including phenoxy) is 1. The van der Waals surface area contributed by atoms with Gasteiger partial charge in [0.2, 0.25) is 5.88 Å². The lowest BCUT2D eigenvalue weighted by Gasteiger charge is -2.22. The molecule has 1 unspecified atom stereocenters. The molecule has 1 N–H and O–H groups in total. The van der Waals surface area contributed by atoms with Gasteiger partial charge >= 0.3 is 0 Å². The normalized spacial score (nSPS) is 12.2. The third-order valence-electron chi connectivity index (χ3n) is 3.46. The van der Waals surface area contributed by atoms with Crippen molar-refractivity contribution in [2.24, 2.45) is 0 Å². The second kappa shape index (κ2) is 7.18. The molecule has 1 heterocycles. The highest BCUT2D eigenvalue weighted by atomic mass is 19.1. The summed E-state index contributed by atoms with van der Waals surface area (Å²) in [6, 6.07) is 8.56. The summed E-state index contributed by atoms with van der Waals surface area (Å²) in [5.74, 6) is 0.330. The van der Waals surface area contributed by atoms with E-state index in [0.717, 1.165) is 29.7 Å². The molecule has 1 atom stereocenters. The molecule has 0 aliphatic heterocycles. The van der Waals surface area contributed by atoms with E-state index in [2.05, 4.69) is 17.2 Å². The van der Waals surface area contributed by atoms with Gasteiger partial charge in [0.05, 0.1) is 13.2 Å². The fraction of sp³-hybridized carbons (Fsp3) is 0.353. The van der Waals surface area contributed by atoms with E-state index in [9.17, 15) is 4.39 Å². The topological polar surface area (TPSA) is 34.2 Å². The standard InChI is InChI=1S/C17H21FN2O/c1-4-9-19-16(14-6-5-10-20-17(14)21-3)15-11-13(18)8-7-12(15)2/h5-8,10-11,16,19H,4,9H2,1-3H3. The number of hydrogen-bond acceptors (Lipinski definition) is 3. The zero-order valence-corrected chi connectivity index (χ0v) is 12.7. The molecule has 0 bridgehead atoms. The number of nitrogens with zero attached hydrogens (tertiary/aromatic N) is 1. The predicted molar refractivity (Wildman–Crippen MR) is 82.1 cm³/mol. The third-order valence-corrected chi connectivity index (χ3v) is 3.46. The fourth-order valence-electron chi connectivity index (χ4n) is 2.39. The quantitative estimate of drug-likeness (QED) is 0.881. The van der Waals surface area contributed by atoms with Gasteiger partial charge in [-0.3, -0.25) is 0 Å². The van der Waals surface area contributed by atoms with Crippen molar-refractivity contribution in [2.75, 3.05) is 13.7 Å². The number of aryl methyl sites for hydroxylation is 1. The maximum absolute atomic E-state index is 13.7. The van der Waals surface area contributed by atoms with Crippen LogP contribution in [0.25, 0.3) is 0 Å². The minimum Gasteiger partial charge on any atom is -0.481 e. The average Bonchev–Trinajstić information content (AvgIpc) is 2.51. The first-order valence-electron chi connectivity index (χ1n) is 7.15. The summed E-state index contributed by atoms with van der Waals surface area (Å²) in [7, 11) is 1.60. The zero-order valence-electron chi connectivity index (χ0n) is 12.7. The van der Waals surface area contributed by atoms with Crippen LogP contribution in [0.1, 0.15) is 36.1 Å². The number of nitrogens with one attached hydrogen (secondary N) is 1. The molecule has 2 rings (SSSR count). The van der Waals surface area contributed by atoms with Gasteiger partial charge in [0.25, 0.3) is 0 Å².